The van der Waals surface area contributed by atoms with Crippen molar-refractivity contribution < 1.29 is 24.1 Å². The van der Waals surface area contributed by atoms with E-state index in [9.17, 15) is 14.6 Å². The fourth-order valence-electron chi connectivity index (χ4n) is 3.49. The zero-order chi connectivity index (χ0) is 19.9. The van der Waals surface area contributed by atoms with Gasteiger partial charge in [-0.2, -0.15) is 14.4 Å². The van der Waals surface area contributed by atoms with E-state index in [2.05, 4.69) is 15.0 Å². The predicted octanol–water partition coefficient (Wildman–Crippen LogP) is 1.75. The average molecular weight is 388 g/mol. The number of ether oxygens (including phenoxy) is 2. The predicted molar refractivity (Wildman–Crippen MR) is 96.9 cm³/mol. The zero-order valence-electron chi connectivity index (χ0n) is 15.5. The molecule has 0 aliphatic carbocycles. The standard InChI is InChI=1S/C19H21FN4O4/c1-18(10-25)13(26)8-19(2,28-18)24-11-21-14-15(24)22-17(20)23-16(14)27-9-12-6-4-3-5-7-12/h3-7,11,13,25-26H,8-10H2,1-2H3. The SMILES string of the molecule is CC1(CO)OC(C)(n2cnc3c(OCc4ccccc4)nc(F)nc32)CC1O. The Kier molecular flexibility index (Phi) is 4.53. The monoisotopic (exact) mass is 388 g/mol. The Labute approximate surface area is 160 Å². The summed E-state index contributed by atoms with van der Waals surface area (Å²) in [4.78, 5) is 11.9. The number of nitrogens with zero attached hydrogens (tertiary/aromatic N) is 4. The summed E-state index contributed by atoms with van der Waals surface area (Å²) in [6, 6.07) is 9.43. The molecule has 3 heterocycles. The average Bonchev–Trinajstić information content (AvgIpc) is 3.20. The van der Waals surface area contributed by atoms with Crippen molar-refractivity contribution in [2.45, 2.75) is 44.3 Å². The van der Waals surface area contributed by atoms with E-state index in [0.717, 1.165) is 5.56 Å². The summed E-state index contributed by atoms with van der Waals surface area (Å²) >= 11 is 0. The minimum absolute atomic E-state index is 0.0252. The second kappa shape index (κ2) is 6.77. The Morgan fingerprint density at radius 2 is 2.04 bits per heavy atom. The molecule has 3 unspecified atom stereocenters. The summed E-state index contributed by atoms with van der Waals surface area (Å²) in [5.41, 5.74) is -0.823. The smallest absolute Gasteiger partial charge is 0.314 e. The first-order valence-corrected chi connectivity index (χ1v) is 8.91. The van der Waals surface area contributed by atoms with E-state index in [4.69, 9.17) is 9.47 Å². The molecule has 148 valence electrons. The summed E-state index contributed by atoms with van der Waals surface area (Å²) < 4.78 is 27.3. The maximum atomic E-state index is 14.1. The molecule has 28 heavy (non-hydrogen) atoms. The first-order valence-electron chi connectivity index (χ1n) is 8.91. The van der Waals surface area contributed by atoms with Gasteiger partial charge in [0, 0.05) is 6.42 Å². The number of aliphatic hydroxyl groups excluding tert-OH is 2. The first kappa shape index (κ1) is 18.7. The third kappa shape index (κ3) is 3.11. The summed E-state index contributed by atoms with van der Waals surface area (Å²) in [5, 5.41) is 19.9. The molecular weight excluding hydrogens is 367 g/mol. The van der Waals surface area contributed by atoms with Crippen LogP contribution in [0.3, 0.4) is 0 Å². The molecule has 1 saturated heterocycles. The molecule has 3 aromatic rings. The summed E-state index contributed by atoms with van der Waals surface area (Å²) in [5.74, 6) is 0.0252. The van der Waals surface area contributed by atoms with Crippen LogP contribution < -0.4 is 4.74 Å². The van der Waals surface area contributed by atoms with Crippen molar-refractivity contribution in [1.82, 2.24) is 19.5 Å². The van der Waals surface area contributed by atoms with Gasteiger partial charge in [-0.3, -0.25) is 4.57 Å². The fourth-order valence-corrected chi connectivity index (χ4v) is 3.49. The van der Waals surface area contributed by atoms with E-state index in [1.807, 2.05) is 30.3 Å². The van der Waals surface area contributed by atoms with E-state index in [0.29, 0.717) is 0 Å². The van der Waals surface area contributed by atoms with Gasteiger partial charge < -0.3 is 19.7 Å². The first-order chi connectivity index (χ1) is 13.3. The van der Waals surface area contributed by atoms with Gasteiger partial charge in [0.1, 0.15) is 17.9 Å². The number of imidazole rings is 1. The van der Waals surface area contributed by atoms with Crippen LogP contribution in [-0.4, -0.2) is 48.0 Å². The Morgan fingerprint density at radius 3 is 2.71 bits per heavy atom. The van der Waals surface area contributed by atoms with Crippen molar-refractivity contribution in [3.05, 3.63) is 48.3 Å². The van der Waals surface area contributed by atoms with Gasteiger partial charge in [-0.1, -0.05) is 30.3 Å². The highest BCUT2D eigenvalue weighted by molar-refractivity contribution is 5.76. The summed E-state index contributed by atoms with van der Waals surface area (Å²) in [6.07, 6.45) is -0.226. The second-order valence-corrected chi connectivity index (χ2v) is 7.33. The molecule has 1 aliphatic rings. The second-order valence-electron chi connectivity index (χ2n) is 7.33. The number of aliphatic hydroxyl groups is 2. The van der Waals surface area contributed by atoms with E-state index < -0.39 is 23.5 Å². The molecule has 1 fully saturated rings. The van der Waals surface area contributed by atoms with E-state index in [-0.39, 0.29) is 36.7 Å². The van der Waals surface area contributed by atoms with E-state index in [1.165, 1.54) is 10.9 Å². The molecule has 2 aromatic heterocycles. The fraction of sp³-hybridized carbons (Fsp3) is 0.421. The number of hydrogen-bond donors (Lipinski definition) is 2. The topological polar surface area (TPSA) is 103 Å². The van der Waals surface area contributed by atoms with Crippen LogP contribution in [0.25, 0.3) is 11.2 Å². The van der Waals surface area contributed by atoms with Crippen LogP contribution in [0.2, 0.25) is 0 Å². The molecule has 9 heteroatoms. The van der Waals surface area contributed by atoms with Crippen LogP contribution in [0.15, 0.2) is 36.7 Å². The number of benzene rings is 1. The van der Waals surface area contributed by atoms with Crippen LogP contribution >= 0.6 is 0 Å². The Bertz CT molecular complexity index is 998. The van der Waals surface area contributed by atoms with Gasteiger partial charge >= 0.3 is 6.08 Å². The Morgan fingerprint density at radius 1 is 1.29 bits per heavy atom. The highest BCUT2D eigenvalue weighted by Crippen LogP contribution is 2.42. The number of hydrogen-bond acceptors (Lipinski definition) is 7. The van der Waals surface area contributed by atoms with Crippen LogP contribution in [0.1, 0.15) is 25.8 Å². The van der Waals surface area contributed by atoms with Crippen LogP contribution in [-0.2, 0) is 17.1 Å². The van der Waals surface area contributed by atoms with Gasteiger partial charge in [0.25, 0.3) is 0 Å². The van der Waals surface area contributed by atoms with Crippen molar-refractivity contribution in [3.63, 3.8) is 0 Å². The van der Waals surface area contributed by atoms with Crippen LogP contribution in [0.4, 0.5) is 4.39 Å². The lowest BCUT2D eigenvalue weighted by Crippen LogP contribution is -2.41. The molecular formula is C19H21FN4O4. The molecule has 0 amide bonds. The number of aromatic nitrogens is 4. The normalized spacial score (nSPS) is 27.4. The maximum absolute atomic E-state index is 14.1. The Hall–Kier alpha value is -2.62. The summed E-state index contributed by atoms with van der Waals surface area (Å²) in [7, 11) is 0. The molecule has 0 radical (unpaired) electrons. The number of rotatable bonds is 5. The van der Waals surface area contributed by atoms with Gasteiger partial charge in [0.2, 0.25) is 5.88 Å². The van der Waals surface area contributed by atoms with Gasteiger partial charge in [-0.25, -0.2) is 4.98 Å². The molecule has 2 N–H and O–H groups in total. The lowest BCUT2D eigenvalue weighted by atomic mass is 9.99. The number of fused-ring (bicyclic) bond motifs is 1. The highest BCUT2D eigenvalue weighted by Gasteiger charge is 2.52. The van der Waals surface area contributed by atoms with Gasteiger partial charge in [-0.15, -0.1) is 0 Å². The lowest BCUT2D eigenvalue weighted by Gasteiger charge is -2.30. The van der Waals surface area contributed by atoms with Crippen molar-refractivity contribution in [3.8, 4) is 5.88 Å². The number of halogens is 1. The minimum Gasteiger partial charge on any atom is -0.471 e. The molecule has 0 saturated carbocycles. The molecule has 0 bridgehead atoms. The minimum atomic E-state index is -1.14. The largest absolute Gasteiger partial charge is 0.471 e. The zero-order valence-corrected chi connectivity index (χ0v) is 15.5. The van der Waals surface area contributed by atoms with Crippen molar-refractivity contribution in [1.29, 1.82) is 0 Å². The molecule has 1 aromatic carbocycles. The van der Waals surface area contributed by atoms with Crippen molar-refractivity contribution >= 4 is 11.2 Å². The highest BCUT2D eigenvalue weighted by atomic mass is 19.1. The van der Waals surface area contributed by atoms with Crippen LogP contribution in [0, 0.1) is 6.08 Å². The third-order valence-electron chi connectivity index (χ3n) is 5.11. The quantitative estimate of drug-likeness (QED) is 0.642. The lowest BCUT2D eigenvalue weighted by molar-refractivity contribution is -0.159. The molecule has 4 rings (SSSR count). The van der Waals surface area contributed by atoms with Crippen molar-refractivity contribution in [2.24, 2.45) is 0 Å². The molecule has 0 spiro atoms. The summed E-state index contributed by atoms with van der Waals surface area (Å²) in [6.45, 7) is 3.19. The molecule has 1 aliphatic heterocycles. The Balaban J connectivity index is 1.70. The maximum Gasteiger partial charge on any atom is 0.314 e. The van der Waals surface area contributed by atoms with Gasteiger partial charge in [-0.05, 0) is 19.4 Å². The van der Waals surface area contributed by atoms with Gasteiger partial charge in [0.05, 0.1) is 19.0 Å². The van der Waals surface area contributed by atoms with Crippen molar-refractivity contribution in [2.75, 3.05) is 6.61 Å². The third-order valence-corrected chi connectivity index (χ3v) is 5.11. The van der Waals surface area contributed by atoms with Crippen LogP contribution in [0.5, 0.6) is 5.88 Å². The molecule has 8 nitrogen and oxygen atoms in total. The van der Waals surface area contributed by atoms with E-state index >= 15 is 0 Å². The molecule has 3 atom stereocenters. The van der Waals surface area contributed by atoms with E-state index in [1.54, 1.807) is 13.8 Å². The van der Waals surface area contributed by atoms with Gasteiger partial charge in [0.15, 0.2) is 11.2 Å².